The summed E-state index contributed by atoms with van der Waals surface area (Å²) in [5.74, 6) is 1.89. The number of furan rings is 1. The number of benzene rings is 2. The summed E-state index contributed by atoms with van der Waals surface area (Å²) in [4.78, 5) is 35.9. The van der Waals surface area contributed by atoms with Crippen LogP contribution in [0.25, 0.3) is 33.6 Å². The third-order valence-corrected chi connectivity index (χ3v) is 10.2. The number of aryl methyl sites for hydroxylation is 1. The number of aromatic nitrogens is 4. The highest BCUT2D eigenvalue weighted by Crippen LogP contribution is 2.41. The molecule has 3 fully saturated rings. The molecule has 5 aromatic rings. The van der Waals surface area contributed by atoms with E-state index in [1.165, 1.54) is 25.7 Å². The van der Waals surface area contributed by atoms with E-state index in [1.54, 1.807) is 19.6 Å². The number of aliphatic hydroxyl groups excluding tert-OH is 1. The van der Waals surface area contributed by atoms with Gasteiger partial charge in [0.15, 0.2) is 0 Å². The average molecular weight is 677 g/mol. The zero-order chi connectivity index (χ0) is 34.0. The fourth-order valence-electron chi connectivity index (χ4n) is 7.34. The van der Waals surface area contributed by atoms with E-state index < -0.39 is 0 Å². The lowest BCUT2D eigenvalue weighted by Crippen LogP contribution is -2.49. The van der Waals surface area contributed by atoms with Gasteiger partial charge in [0.05, 0.1) is 47.5 Å². The Morgan fingerprint density at radius 3 is 2.64 bits per heavy atom. The number of amides is 1. The first kappa shape index (κ1) is 32.3. The summed E-state index contributed by atoms with van der Waals surface area (Å²) >= 11 is 0. The Labute approximate surface area is 291 Å². The monoisotopic (exact) mass is 676 g/mol. The zero-order valence-corrected chi connectivity index (χ0v) is 28.5. The van der Waals surface area contributed by atoms with Crippen LogP contribution in [0.2, 0.25) is 0 Å². The Bertz CT molecular complexity index is 1970. The molecule has 12 heteroatoms. The highest BCUT2D eigenvalue weighted by atomic mass is 16.5. The molecule has 2 saturated carbocycles. The van der Waals surface area contributed by atoms with Crippen LogP contribution in [-0.2, 0) is 11.2 Å². The van der Waals surface area contributed by atoms with Crippen molar-refractivity contribution in [3.8, 4) is 28.4 Å². The molecule has 1 aliphatic heterocycles. The highest BCUT2D eigenvalue weighted by molar-refractivity contribution is 5.98. The number of anilines is 4. The van der Waals surface area contributed by atoms with Crippen LogP contribution in [0.4, 0.5) is 23.0 Å². The van der Waals surface area contributed by atoms with Crippen molar-refractivity contribution in [2.45, 2.75) is 57.4 Å². The molecule has 3 aliphatic rings. The number of fused-ring (bicyclic) bond motifs is 1. The summed E-state index contributed by atoms with van der Waals surface area (Å²) in [5, 5.41) is 17.1. The molecule has 2 aliphatic carbocycles. The minimum absolute atomic E-state index is 0.0571. The number of hydrogen-bond acceptors (Lipinski definition) is 10. The Balaban J connectivity index is 1.10. The van der Waals surface area contributed by atoms with Crippen molar-refractivity contribution in [1.29, 1.82) is 0 Å². The van der Waals surface area contributed by atoms with E-state index in [-0.39, 0.29) is 18.4 Å². The number of ether oxygens (including phenoxy) is 1. The standard InChI is InChI=1S/C38H44N8O4/c1-49-33-23-31(46-17-15-45(16-18-46)27-5-2-3-6-27)29(40-37(48)25-9-10-25)22-30(33)42-38-39-14-12-28(41-38)36-35(43-34(44-36)7-4-19-47)26-11-8-24-13-20-50-32(24)21-26/h8,11-14,20-23,25,27,47H,2-7,9-10,15-19H2,1H3,(H,40,48)(H,43,44)(H,39,41,42). The van der Waals surface area contributed by atoms with E-state index in [1.807, 2.05) is 42.5 Å². The quantitative estimate of drug-likeness (QED) is 0.118. The molecule has 8 rings (SSSR count). The van der Waals surface area contributed by atoms with Gasteiger partial charge in [-0.25, -0.2) is 15.0 Å². The number of H-pyrrole nitrogens is 1. The van der Waals surface area contributed by atoms with E-state index in [0.717, 1.165) is 84.1 Å². The van der Waals surface area contributed by atoms with Gasteiger partial charge < -0.3 is 34.8 Å². The average Bonchev–Trinajstić information content (AvgIpc) is 3.48. The van der Waals surface area contributed by atoms with E-state index in [2.05, 4.69) is 30.4 Å². The maximum Gasteiger partial charge on any atom is 0.227 e. The minimum Gasteiger partial charge on any atom is -0.494 e. The summed E-state index contributed by atoms with van der Waals surface area (Å²) < 4.78 is 11.6. The molecule has 12 nitrogen and oxygen atoms in total. The van der Waals surface area contributed by atoms with Crippen LogP contribution in [0.1, 0.15) is 50.8 Å². The fraction of sp³-hybridized carbons (Fsp3) is 0.421. The molecule has 0 atom stereocenters. The zero-order valence-electron chi connectivity index (χ0n) is 28.5. The van der Waals surface area contributed by atoms with Gasteiger partial charge in [-0.2, -0.15) is 0 Å². The SMILES string of the molecule is COc1cc(N2CCN(C3CCCC3)CC2)c(NC(=O)C2CC2)cc1Nc1nccc(-c2[nH]c(CCCO)nc2-c2ccc3ccoc3c2)n1. The van der Waals surface area contributed by atoms with Gasteiger partial charge >= 0.3 is 0 Å². The number of aliphatic hydroxyl groups is 1. The number of rotatable bonds is 12. The third-order valence-electron chi connectivity index (χ3n) is 10.2. The smallest absolute Gasteiger partial charge is 0.227 e. The maximum absolute atomic E-state index is 13.1. The van der Waals surface area contributed by atoms with Crippen LogP contribution >= 0.6 is 0 Å². The molecule has 0 radical (unpaired) electrons. The Morgan fingerprint density at radius 1 is 1.02 bits per heavy atom. The van der Waals surface area contributed by atoms with Gasteiger partial charge in [0.2, 0.25) is 11.9 Å². The molecule has 4 heterocycles. The van der Waals surface area contributed by atoms with Gasteiger partial charge in [-0.3, -0.25) is 9.69 Å². The first-order valence-electron chi connectivity index (χ1n) is 17.9. The molecule has 3 aromatic heterocycles. The van der Waals surface area contributed by atoms with Crippen molar-refractivity contribution in [3.63, 3.8) is 0 Å². The molecule has 2 aromatic carbocycles. The Hall–Kier alpha value is -4.94. The van der Waals surface area contributed by atoms with E-state index in [9.17, 15) is 9.90 Å². The number of hydrogen-bond donors (Lipinski definition) is 4. The molecule has 0 unspecified atom stereocenters. The van der Waals surface area contributed by atoms with Gasteiger partial charge in [-0.1, -0.05) is 25.0 Å². The summed E-state index contributed by atoms with van der Waals surface area (Å²) in [5.41, 5.74) is 6.17. The van der Waals surface area contributed by atoms with Crippen LogP contribution in [0.3, 0.4) is 0 Å². The molecule has 50 heavy (non-hydrogen) atoms. The lowest BCUT2D eigenvalue weighted by molar-refractivity contribution is -0.117. The molecule has 0 bridgehead atoms. The van der Waals surface area contributed by atoms with Gasteiger partial charge in [0, 0.05) is 74.4 Å². The fourth-order valence-corrected chi connectivity index (χ4v) is 7.34. The van der Waals surface area contributed by atoms with Crippen LogP contribution < -0.4 is 20.3 Å². The molecule has 0 spiro atoms. The second-order valence-electron chi connectivity index (χ2n) is 13.6. The second kappa shape index (κ2) is 14.1. The van der Waals surface area contributed by atoms with Gasteiger partial charge in [-0.05, 0) is 56.4 Å². The van der Waals surface area contributed by atoms with Crippen molar-refractivity contribution in [2.75, 3.05) is 55.4 Å². The molecule has 260 valence electrons. The number of carbonyl (C=O) groups is 1. The number of nitrogens with one attached hydrogen (secondary N) is 3. The number of nitrogens with zero attached hydrogens (tertiary/aromatic N) is 5. The minimum atomic E-state index is 0.0571. The van der Waals surface area contributed by atoms with E-state index in [4.69, 9.17) is 19.1 Å². The molecule has 1 saturated heterocycles. The normalized spacial score (nSPS) is 17.0. The number of imidazole rings is 1. The Kier molecular flexibility index (Phi) is 9.12. The number of aromatic amines is 1. The van der Waals surface area contributed by atoms with E-state index >= 15 is 0 Å². The largest absolute Gasteiger partial charge is 0.494 e. The highest BCUT2D eigenvalue weighted by Gasteiger charge is 2.32. The van der Waals surface area contributed by atoms with Crippen molar-refractivity contribution in [2.24, 2.45) is 5.92 Å². The summed E-state index contributed by atoms with van der Waals surface area (Å²) in [6, 6.07) is 14.4. The van der Waals surface area contributed by atoms with Crippen LogP contribution in [-0.4, -0.2) is 81.8 Å². The maximum atomic E-state index is 13.1. The van der Waals surface area contributed by atoms with Gasteiger partial charge in [0.1, 0.15) is 17.2 Å². The Morgan fingerprint density at radius 2 is 1.86 bits per heavy atom. The third kappa shape index (κ3) is 6.77. The predicted molar refractivity (Wildman–Crippen MR) is 194 cm³/mol. The lowest BCUT2D eigenvalue weighted by atomic mass is 10.1. The molecular weight excluding hydrogens is 632 g/mol. The van der Waals surface area contributed by atoms with E-state index in [0.29, 0.717) is 42.0 Å². The predicted octanol–water partition coefficient (Wildman–Crippen LogP) is 6.37. The molecule has 4 N–H and O–H groups in total. The number of piperazine rings is 1. The van der Waals surface area contributed by atoms with Crippen molar-refractivity contribution < 1.29 is 19.1 Å². The van der Waals surface area contributed by atoms with Gasteiger partial charge in [-0.15, -0.1) is 0 Å². The van der Waals surface area contributed by atoms with Crippen molar-refractivity contribution in [1.82, 2.24) is 24.8 Å². The summed E-state index contributed by atoms with van der Waals surface area (Å²) in [6.45, 7) is 3.88. The summed E-state index contributed by atoms with van der Waals surface area (Å²) in [6.07, 6.45) is 11.7. The lowest BCUT2D eigenvalue weighted by Gasteiger charge is -2.40. The number of methoxy groups -OCH3 is 1. The topological polar surface area (TPSA) is 145 Å². The number of carbonyl (C=O) groups excluding carboxylic acids is 1. The molecular formula is C38H44N8O4. The van der Waals surface area contributed by atoms with Crippen LogP contribution in [0.5, 0.6) is 5.75 Å². The second-order valence-corrected chi connectivity index (χ2v) is 13.6. The van der Waals surface area contributed by atoms with Crippen molar-refractivity contribution >= 4 is 39.9 Å². The van der Waals surface area contributed by atoms with Crippen LogP contribution in [0, 0.1) is 5.92 Å². The first-order valence-corrected chi connectivity index (χ1v) is 17.9. The van der Waals surface area contributed by atoms with Crippen molar-refractivity contribution in [3.05, 3.63) is 60.7 Å². The summed E-state index contributed by atoms with van der Waals surface area (Å²) in [7, 11) is 1.66. The van der Waals surface area contributed by atoms with Gasteiger partial charge in [0.25, 0.3) is 0 Å². The first-order chi connectivity index (χ1) is 24.6. The molecule has 1 amide bonds. The van der Waals surface area contributed by atoms with Crippen LogP contribution in [0.15, 0.2) is 59.3 Å².